The zero-order valence-corrected chi connectivity index (χ0v) is 18.9. The van der Waals surface area contributed by atoms with Gasteiger partial charge in [-0.05, 0) is 38.9 Å². The SMILES string of the molecule is CNCCN(C)c1ccc(-c2nc3c(C)nn(C4CCCCC4)c3c(=O)[nH]2)c(OC)c1. The average molecular weight is 425 g/mol. The van der Waals surface area contributed by atoms with Crippen molar-refractivity contribution in [3.05, 3.63) is 34.2 Å². The highest BCUT2D eigenvalue weighted by Gasteiger charge is 2.23. The molecule has 0 amide bonds. The second-order valence-electron chi connectivity index (χ2n) is 8.34. The molecule has 31 heavy (non-hydrogen) atoms. The number of aryl methyl sites for hydroxylation is 1. The monoisotopic (exact) mass is 424 g/mol. The van der Waals surface area contributed by atoms with Crippen LogP contribution in [0.15, 0.2) is 23.0 Å². The number of hydrogen-bond acceptors (Lipinski definition) is 6. The molecule has 8 nitrogen and oxygen atoms in total. The molecule has 0 radical (unpaired) electrons. The minimum Gasteiger partial charge on any atom is -0.496 e. The maximum Gasteiger partial charge on any atom is 0.277 e. The van der Waals surface area contributed by atoms with E-state index in [2.05, 4.69) is 15.2 Å². The summed E-state index contributed by atoms with van der Waals surface area (Å²) < 4.78 is 7.57. The molecule has 0 spiro atoms. The highest BCUT2D eigenvalue weighted by molar-refractivity contribution is 5.80. The Balaban J connectivity index is 1.75. The van der Waals surface area contributed by atoms with Gasteiger partial charge in [0.25, 0.3) is 5.56 Å². The molecule has 1 fully saturated rings. The normalized spacial score (nSPS) is 14.8. The van der Waals surface area contributed by atoms with Crippen molar-refractivity contribution >= 4 is 16.7 Å². The van der Waals surface area contributed by atoms with E-state index in [0.29, 0.717) is 22.6 Å². The van der Waals surface area contributed by atoms with E-state index in [1.54, 1.807) is 7.11 Å². The number of anilines is 1. The molecular weight excluding hydrogens is 392 g/mol. The number of methoxy groups -OCH3 is 1. The van der Waals surface area contributed by atoms with Gasteiger partial charge in [-0.3, -0.25) is 9.48 Å². The number of rotatable bonds is 7. The van der Waals surface area contributed by atoms with E-state index in [-0.39, 0.29) is 11.6 Å². The fourth-order valence-corrected chi connectivity index (χ4v) is 4.43. The smallest absolute Gasteiger partial charge is 0.277 e. The lowest BCUT2D eigenvalue weighted by atomic mass is 9.95. The summed E-state index contributed by atoms with van der Waals surface area (Å²) in [6.45, 7) is 3.69. The Morgan fingerprint density at radius 3 is 2.77 bits per heavy atom. The Morgan fingerprint density at radius 2 is 2.06 bits per heavy atom. The minimum absolute atomic E-state index is 0.150. The van der Waals surface area contributed by atoms with Crippen LogP contribution in [0, 0.1) is 6.92 Å². The van der Waals surface area contributed by atoms with Crippen LogP contribution in [-0.4, -0.2) is 54.0 Å². The van der Waals surface area contributed by atoms with Crippen molar-refractivity contribution in [3.8, 4) is 17.1 Å². The van der Waals surface area contributed by atoms with Gasteiger partial charge in [-0.1, -0.05) is 19.3 Å². The second-order valence-corrected chi connectivity index (χ2v) is 8.34. The van der Waals surface area contributed by atoms with Crippen molar-refractivity contribution in [2.24, 2.45) is 0 Å². The molecule has 0 bridgehead atoms. The van der Waals surface area contributed by atoms with Gasteiger partial charge in [0.15, 0.2) is 5.52 Å². The second kappa shape index (κ2) is 9.09. The van der Waals surface area contributed by atoms with E-state index in [9.17, 15) is 4.79 Å². The van der Waals surface area contributed by atoms with Crippen LogP contribution >= 0.6 is 0 Å². The van der Waals surface area contributed by atoms with Crippen molar-refractivity contribution < 1.29 is 4.74 Å². The average Bonchev–Trinajstić information content (AvgIpc) is 3.14. The molecule has 1 aliphatic carbocycles. The predicted octanol–water partition coefficient (Wildman–Crippen LogP) is 3.26. The van der Waals surface area contributed by atoms with Gasteiger partial charge in [0, 0.05) is 31.9 Å². The first-order valence-electron chi connectivity index (χ1n) is 11.1. The van der Waals surface area contributed by atoms with Crippen molar-refractivity contribution in [2.75, 3.05) is 39.2 Å². The molecule has 0 atom stereocenters. The van der Waals surface area contributed by atoms with Crippen LogP contribution in [0.2, 0.25) is 0 Å². The largest absolute Gasteiger partial charge is 0.496 e. The number of aromatic nitrogens is 4. The highest BCUT2D eigenvalue weighted by Crippen LogP contribution is 2.33. The third-order valence-corrected chi connectivity index (χ3v) is 6.22. The van der Waals surface area contributed by atoms with Gasteiger partial charge >= 0.3 is 0 Å². The van der Waals surface area contributed by atoms with Gasteiger partial charge < -0.3 is 19.9 Å². The van der Waals surface area contributed by atoms with Gasteiger partial charge in [-0.2, -0.15) is 5.10 Å². The van der Waals surface area contributed by atoms with Crippen LogP contribution in [0.5, 0.6) is 5.75 Å². The van der Waals surface area contributed by atoms with E-state index in [4.69, 9.17) is 14.8 Å². The number of fused-ring (bicyclic) bond motifs is 1. The summed E-state index contributed by atoms with van der Waals surface area (Å²) >= 11 is 0. The maximum atomic E-state index is 13.1. The lowest BCUT2D eigenvalue weighted by Gasteiger charge is -2.22. The maximum absolute atomic E-state index is 13.1. The molecule has 1 saturated carbocycles. The summed E-state index contributed by atoms with van der Waals surface area (Å²) in [4.78, 5) is 23.1. The van der Waals surface area contributed by atoms with Gasteiger partial charge in [0.05, 0.1) is 24.4 Å². The quantitative estimate of drug-likeness (QED) is 0.605. The Morgan fingerprint density at radius 1 is 1.29 bits per heavy atom. The number of hydrogen-bond donors (Lipinski definition) is 2. The van der Waals surface area contributed by atoms with Crippen LogP contribution in [0.1, 0.15) is 43.8 Å². The fourth-order valence-electron chi connectivity index (χ4n) is 4.43. The number of benzene rings is 1. The zero-order valence-electron chi connectivity index (χ0n) is 18.9. The van der Waals surface area contributed by atoms with Crippen LogP contribution in [0.3, 0.4) is 0 Å². The van der Waals surface area contributed by atoms with Gasteiger partial charge in [0.1, 0.15) is 17.1 Å². The van der Waals surface area contributed by atoms with Crippen molar-refractivity contribution in [2.45, 2.75) is 45.1 Å². The molecule has 166 valence electrons. The lowest BCUT2D eigenvalue weighted by Crippen LogP contribution is -2.27. The number of H-pyrrole nitrogens is 1. The number of aromatic amines is 1. The molecule has 2 N–H and O–H groups in total. The van der Waals surface area contributed by atoms with E-state index >= 15 is 0 Å². The van der Waals surface area contributed by atoms with Gasteiger partial charge in [-0.15, -0.1) is 0 Å². The first-order chi connectivity index (χ1) is 15.0. The molecule has 2 heterocycles. The molecule has 4 rings (SSSR count). The number of likely N-dealkylation sites (N-methyl/N-ethyl adjacent to an activating group) is 2. The van der Waals surface area contributed by atoms with Gasteiger partial charge in [0.2, 0.25) is 0 Å². The molecule has 0 aliphatic heterocycles. The number of nitrogens with one attached hydrogen (secondary N) is 2. The number of nitrogens with zero attached hydrogens (tertiary/aromatic N) is 4. The standard InChI is InChI=1S/C23H32N6O2/c1-15-20-21(29(27-15)16-8-6-5-7-9-16)23(30)26-22(25-20)18-11-10-17(14-19(18)31-4)28(3)13-12-24-2/h10-11,14,16,24H,5-9,12-13H2,1-4H3,(H,25,26,30). The van der Waals surface area contributed by atoms with Gasteiger partial charge in [-0.25, -0.2) is 4.98 Å². The van der Waals surface area contributed by atoms with Crippen molar-refractivity contribution in [1.29, 1.82) is 0 Å². The molecular formula is C23H32N6O2. The molecule has 0 unspecified atom stereocenters. The number of ether oxygens (including phenoxy) is 1. The van der Waals surface area contributed by atoms with Crippen LogP contribution in [-0.2, 0) is 0 Å². The third-order valence-electron chi connectivity index (χ3n) is 6.22. The molecule has 2 aromatic heterocycles. The predicted molar refractivity (Wildman–Crippen MR) is 124 cm³/mol. The Kier molecular flexibility index (Phi) is 6.27. The molecule has 8 heteroatoms. The van der Waals surface area contributed by atoms with Crippen LogP contribution in [0.4, 0.5) is 5.69 Å². The fraction of sp³-hybridized carbons (Fsp3) is 0.522. The van der Waals surface area contributed by atoms with E-state index in [1.165, 1.54) is 19.3 Å². The topological polar surface area (TPSA) is 88.1 Å². The highest BCUT2D eigenvalue weighted by atomic mass is 16.5. The summed E-state index contributed by atoms with van der Waals surface area (Å²) in [5, 5.41) is 7.87. The first-order valence-corrected chi connectivity index (χ1v) is 11.1. The van der Waals surface area contributed by atoms with E-state index in [0.717, 1.165) is 42.9 Å². The summed E-state index contributed by atoms with van der Waals surface area (Å²) in [6.07, 6.45) is 5.75. The molecule has 1 aliphatic rings. The van der Waals surface area contributed by atoms with E-state index < -0.39 is 0 Å². The Bertz CT molecular complexity index is 1110. The van der Waals surface area contributed by atoms with Crippen molar-refractivity contribution in [1.82, 2.24) is 25.1 Å². The summed E-state index contributed by atoms with van der Waals surface area (Å²) in [5.41, 5.74) is 3.69. The summed E-state index contributed by atoms with van der Waals surface area (Å²) in [7, 11) is 5.62. The molecule has 1 aromatic carbocycles. The third kappa shape index (κ3) is 4.17. The summed E-state index contributed by atoms with van der Waals surface area (Å²) in [5.74, 6) is 1.18. The van der Waals surface area contributed by atoms with Crippen LogP contribution < -0.4 is 20.5 Å². The van der Waals surface area contributed by atoms with Crippen LogP contribution in [0.25, 0.3) is 22.4 Å². The zero-order chi connectivity index (χ0) is 22.0. The minimum atomic E-state index is -0.150. The van der Waals surface area contributed by atoms with E-state index in [1.807, 2.05) is 43.9 Å². The lowest BCUT2D eigenvalue weighted by molar-refractivity contribution is 0.336. The molecule has 0 saturated heterocycles. The Labute approximate surface area is 182 Å². The summed E-state index contributed by atoms with van der Waals surface area (Å²) in [6, 6.07) is 6.24. The Hall–Kier alpha value is -2.87. The first kappa shape index (κ1) is 21.4. The molecule has 3 aromatic rings. The van der Waals surface area contributed by atoms with Crippen molar-refractivity contribution in [3.63, 3.8) is 0 Å².